The van der Waals surface area contributed by atoms with Crippen molar-refractivity contribution in [3.05, 3.63) is 64.4 Å². The average molecular weight is 369 g/mol. The van der Waals surface area contributed by atoms with E-state index in [4.69, 9.17) is 4.74 Å². The zero-order chi connectivity index (χ0) is 18.5. The minimum absolute atomic E-state index is 0.104. The highest BCUT2D eigenvalue weighted by molar-refractivity contribution is 7.07. The smallest absolute Gasteiger partial charge is 0.255 e. The Morgan fingerprint density at radius 2 is 2.00 bits per heavy atom. The molecule has 1 unspecified atom stereocenters. The number of rotatable bonds is 7. The Hall–Kier alpha value is -2.37. The van der Waals surface area contributed by atoms with Crippen LogP contribution in [0, 0.1) is 0 Å². The van der Waals surface area contributed by atoms with Crippen LogP contribution in [-0.4, -0.2) is 38.1 Å². The van der Waals surface area contributed by atoms with E-state index in [1.807, 2.05) is 57.4 Å². The van der Waals surface area contributed by atoms with Crippen molar-refractivity contribution < 1.29 is 9.53 Å². The third-order valence-corrected chi connectivity index (χ3v) is 5.13. The van der Waals surface area contributed by atoms with Gasteiger partial charge >= 0.3 is 0 Å². The van der Waals surface area contributed by atoms with Gasteiger partial charge in [0, 0.05) is 6.54 Å². The molecule has 0 aliphatic heterocycles. The van der Waals surface area contributed by atoms with Gasteiger partial charge in [0.2, 0.25) is 0 Å². The quantitative estimate of drug-likeness (QED) is 0.675. The molecule has 5 heteroatoms. The summed E-state index contributed by atoms with van der Waals surface area (Å²) >= 11 is 1.67. The fourth-order valence-electron chi connectivity index (χ4n) is 3.10. The third kappa shape index (κ3) is 3.89. The van der Waals surface area contributed by atoms with Gasteiger partial charge in [0.05, 0.1) is 18.2 Å². The molecule has 0 aliphatic carbocycles. The van der Waals surface area contributed by atoms with E-state index in [9.17, 15) is 4.79 Å². The molecule has 0 saturated carbocycles. The van der Waals surface area contributed by atoms with Gasteiger partial charge < -0.3 is 15.0 Å². The second-order valence-electron chi connectivity index (χ2n) is 6.34. The second kappa shape index (κ2) is 8.34. The van der Waals surface area contributed by atoms with E-state index in [1.165, 1.54) is 5.56 Å². The molecule has 1 N–H and O–H groups in total. The molecule has 3 rings (SSSR count). The zero-order valence-electron chi connectivity index (χ0n) is 15.4. The molecule has 0 fully saturated rings. The summed E-state index contributed by atoms with van der Waals surface area (Å²) in [5.41, 5.74) is 1.82. The van der Waals surface area contributed by atoms with Crippen LogP contribution >= 0.6 is 11.3 Å². The minimum Gasteiger partial charge on any atom is -0.493 e. The van der Waals surface area contributed by atoms with Crippen LogP contribution in [0.5, 0.6) is 5.75 Å². The van der Waals surface area contributed by atoms with Gasteiger partial charge in [-0.2, -0.15) is 11.3 Å². The molecule has 3 aromatic rings. The molecule has 0 aliphatic rings. The Morgan fingerprint density at radius 1 is 1.19 bits per heavy atom. The molecule has 2 aromatic carbocycles. The van der Waals surface area contributed by atoms with Crippen LogP contribution in [-0.2, 0) is 0 Å². The normalized spacial score (nSPS) is 12.3. The van der Waals surface area contributed by atoms with E-state index in [0.29, 0.717) is 24.5 Å². The monoisotopic (exact) mass is 368 g/mol. The molecule has 0 radical (unpaired) electrons. The number of nitrogens with one attached hydrogen (secondary N) is 1. The van der Waals surface area contributed by atoms with Gasteiger partial charge in [-0.3, -0.25) is 4.79 Å². The maximum Gasteiger partial charge on any atom is 0.255 e. The van der Waals surface area contributed by atoms with Gasteiger partial charge in [-0.05, 0) is 60.2 Å². The summed E-state index contributed by atoms with van der Waals surface area (Å²) in [6.07, 6.45) is 0. The summed E-state index contributed by atoms with van der Waals surface area (Å²) in [5.74, 6) is 0.521. The average Bonchev–Trinajstić information content (AvgIpc) is 3.15. The lowest BCUT2D eigenvalue weighted by molar-refractivity contribution is 0.0940. The van der Waals surface area contributed by atoms with Crippen LogP contribution in [0.4, 0.5) is 0 Å². The predicted molar refractivity (Wildman–Crippen MR) is 108 cm³/mol. The van der Waals surface area contributed by atoms with Crippen LogP contribution in [0.15, 0.2) is 53.2 Å². The predicted octanol–water partition coefficient (Wildman–Crippen LogP) is 4.33. The first kappa shape index (κ1) is 18.4. The standard InChI is InChI=1S/C21H24N2O2S/c1-4-25-19-10-9-15-7-5-6-8-17(15)20(19)21(24)22-13-18(23(2)3)16-11-12-26-14-16/h5-12,14,18H,4,13H2,1-3H3,(H,22,24). The Balaban J connectivity index is 1.88. The van der Waals surface area contributed by atoms with Crippen LogP contribution < -0.4 is 10.1 Å². The fraction of sp³-hybridized carbons (Fsp3) is 0.286. The number of benzene rings is 2. The van der Waals surface area contributed by atoms with Crippen molar-refractivity contribution in [2.75, 3.05) is 27.2 Å². The summed E-state index contributed by atoms with van der Waals surface area (Å²) in [6.45, 7) is 2.99. The van der Waals surface area contributed by atoms with E-state index >= 15 is 0 Å². The Morgan fingerprint density at radius 3 is 2.69 bits per heavy atom. The van der Waals surface area contributed by atoms with Crippen molar-refractivity contribution in [3.8, 4) is 5.75 Å². The molecule has 1 aromatic heterocycles. The van der Waals surface area contributed by atoms with E-state index in [-0.39, 0.29) is 11.9 Å². The van der Waals surface area contributed by atoms with Gasteiger partial charge in [-0.25, -0.2) is 0 Å². The van der Waals surface area contributed by atoms with Crippen molar-refractivity contribution in [1.82, 2.24) is 10.2 Å². The molecule has 0 spiro atoms. The van der Waals surface area contributed by atoms with Crippen molar-refractivity contribution in [2.45, 2.75) is 13.0 Å². The minimum atomic E-state index is -0.104. The lowest BCUT2D eigenvalue weighted by Gasteiger charge is -2.24. The summed E-state index contributed by atoms with van der Waals surface area (Å²) in [7, 11) is 4.05. The molecule has 0 bridgehead atoms. The number of thiophene rings is 1. The third-order valence-electron chi connectivity index (χ3n) is 4.42. The van der Waals surface area contributed by atoms with E-state index in [0.717, 1.165) is 10.8 Å². The van der Waals surface area contributed by atoms with Crippen molar-refractivity contribution in [2.24, 2.45) is 0 Å². The molecule has 136 valence electrons. The summed E-state index contributed by atoms with van der Waals surface area (Å²) in [4.78, 5) is 15.2. The Bertz CT molecular complexity index is 875. The topological polar surface area (TPSA) is 41.6 Å². The van der Waals surface area contributed by atoms with Crippen LogP contribution in [0.25, 0.3) is 10.8 Å². The van der Waals surface area contributed by atoms with Gasteiger partial charge in [-0.1, -0.05) is 30.3 Å². The van der Waals surface area contributed by atoms with Crippen LogP contribution in [0.3, 0.4) is 0 Å². The summed E-state index contributed by atoms with van der Waals surface area (Å²) < 4.78 is 5.72. The molecule has 1 atom stereocenters. The second-order valence-corrected chi connectivity index (χ2v) is 7.12. The first-order valence-corrected chi connectivity index (χ1v) is 9.67. The number of fused-ring (bicyclic) bond motifs is 1. The lowest BCUT2D eigenvalue weighted by atomic mass is 10.0. The van der Waals surface area contributed by atoms with Gasteiger partial charge in [0.15, 0.2) is 0 Å². The van der Waals surface area contributed by atoms with E-state index in [2.05, 4.69) is 27.0 Å². The molecule has 1 amide bonds. The van der Waals surface area contributed by atoms with Crippen LogP contribution in [0.2, 0.25) is 0 Å². The maximum absolute atomic E-state index is 13.0. The number of carbonyl (C=O) groups is 1. The number of nitrogens with zero attached hydrogens (tertiary/aromatic N) is 1. The summed E-state index contributed by atoms with van der Waals surface area (Å²) in [5, 5.41) is 9.23. The first-order chi connectivity index (χ1) is 12.6. The molecular weight excluding hydrogens is 344 g/mol. The maximum atomic E-state index is 13.0. The lowest BCUT2D eigenvalue weighted by Crippen LogP contribution is -2.34. The highest BCUT2D eigenvalue weighted by Crippen LogP contribution is 2.28. The number of hydrogen-bond donors (Lipinski definition) is 1. The molecule has 1 heterocycles. The SMILES string of the molecule is CCOc1ccc2ccccc2c1C(=O)NCC(c1ccsc1)N(C)C. The van der Waals surface area contributed by atoms with Crippen molar-refractivity contribution in [1.29, 1.82) is 0 Å². The fourth-order valence-corrected chi connectivity index (χ4v) is 3.81. The number of amides is 1. The number of likely N-dealkylation sites (N-methyl/N-ethyl adjacent to an activating group) is 1. The van der Waals surface area contributed by atoms with E-state index < -0.39 is 0 Å². The van der Waals surface area contributed by atoms with E-state index in [1.54, 1.807) is 11.3 Å². The number of hydrogen-bond acceptors (Lipinski definition) is 4. The highest BCUT2D eigenvalue weighted by Gasteiger charge is 2.20. The Labute approximate surface area is 158 Å². The number of carbonyl (C=O) groups excluding carboxylic acids is 1. The van der Waals surface area contributed by atoms with Gasteiger partial charge in [0.25, 0.3) is 5.91 Å². The molecule has 0 saturated heterocycles. The van der Waals surface area contributed by atoms with Crippen molar-refractivity contribution >= 4 is 28.0 Å². The largest absolute Gasteiger partial charge is 0.493 e. The summed E-state index contributed by atoms with van der Waals surface area (Å²) in [6, 6.07) is 14.0. The first-order valence-electron chi connectivity index (χ1n) is 8.73. The number of ether oxygens (including phenoxy) is 1. The van der Waals surface area contributed by atoms with Gasteiger partial charge in [-0.15, -0.1) is 0 Å². The highest BCUT2D eigenvalue weighted by atomic mass is 32.1. The Kier molecular flexibility index (Phi) is 5.91. The molecule has 4 nitrogen and oxygen atoms in total. The zero-order valence-corrected chi connectivity index (χ0v) is 16.2. The molecular formula is C21H24N2O2S. The van der Waals surface area contributed by atoms with Crippen LogP contribution in [0.1, 0.15) is 28.9 Å². The van der Waals surface area contributed by atoms with Crippen molar-refractivity contribution in [3.63, 3.8) is 0 Å². The van der Waals surface area contributed by atoms with Gasteiger partial charge in [0.1, 0.15) is 5.75 Å². The molecule has 26 heavy (non-hydrogen) atoms.